The maximum absolute atomic E-state index is 13.0. The van der Waals surface area contributed by atoms with Crippen molar-refractivity contribution in [3.05, 3.63) is 0 Å². The number of piperidine rings is 1. The van der Waals surface area contributed by atoms with Gasteiger partial charge in [0.15, 0.2) is 0 Å². The number of hydrogen-bond acceptors (Lipinski definition) is 11. The lowest BCUT2D eigenvalue weighted by Gasteiger charge is -2.36. The van der Waals surface area contributed by atoms with Crippen LogP contribution >= 0.6 is 22.1 Å². The summed E-state index contributed by atoms with van der Waals surface area (Å²) in [5.41, 5.74) is 4.44. The second kappa shape index (κ2) is 14.4. The Kier molecular flexibility index (Phi) is 12.8. The number of carbonyl (C=O) groups is 2. The predicted molar refractivity (Wildman–Crippen MR) is 143 cm³/mol. The molecule has 0 aromatic heterocycles. The molecular weight excluding hydrogens is 579 g/mol. The molecule has 0 aliphatic carbocycles. The number of hydrogen-bond donors (Lipinski definition) is 7. The molecule has 0 spiro atoms. The molecule has 0 saturated carbocycles. The van der Waals surface area contributed by atoms with Gasteiger partial charge in [0.25, 0.3) is 0 Å². The molecule has 3 unspecified atom stereocenters. The molecule has 2 heterocycles. The second-order valence-electron chi connectivity index (χ2n) is 10.4. The average molecular weight is 622 g/mol. The van der Waals surface area contributed by atoms with Crippen molar-refractivity contribution in [1.29, 1.82) is 0 Å². The number of carboxylic acid groups (broad SMARTS) is 1. The number of nitrogens with two attached hydrogens (primary N) is 1. The number of nitrogens with zero attached hydrogens (tertiary/aromatic N) is 4. The maximum atomic E-state index is 13.0. The zero-order valence-electron chi connectivity index (χ0n) is 22.0. The minimum atomic E-state index is -3.85. The summed E-state index contributed by atoms with van der Waals surface area (Å²) in [5.74, 6) is -1.50. The van der Waals surface area contributed by atoms with E-state index in [1.807, 2.05) is 0 Å². The summed E-state index contributed by atoms with van der Waals surface area (Å²) in [6.45, 7) is 1.66. The fourth-order valence-corrected chi connectivity index (χ4v) is 8.09. The van der Waals surface area contributed by atoms with Gasteiger partial charge < -0.3 is 40.6 Å². The van der Waals surface area contributed by atoms with E-state index in [9.17, 15) is 53.3 Å². The lowest BCUT2D eigenvalue weighted by molar-refractivity contribution is -0.147. The van der Waals surface area contributed by atoms with Crippen molar-refractivity contribution < 1.29 is 53.3 Å². The molecule has 0 aromatic carbocycles. The van der Waals surface area contributed by atoms with Crippen LogP contribution in [0.5, 0.6) is 0 Å². The SMILES string of the molecule is NC1(C(=O)O)CCN(C(=O)CCP(=O)(O)CN2CCN(CP(=O)(O)CO)CCN(CP(=O)(O)CO)CC2)CC1. The number of carboxylic acids is 1. The zero-order valence-corrected chi connectivity index (χ0v) is 24.6. The number of aliphatic hydroxyl groups is 2. The van der Waals surface area contributed by atoms with Crippen molar-refractivity contribution in [1.82, 2.24) is 19.6 Å². The highest BCUT2D eigenvalue weighted by Crippen LogP contribution is 2.43. The first-order valence-corrected chi connectivity index (χ1v) is 18.7. The van der Waals surface area contributed by atoms with E-state index < -0.39 is 46.3 Å². The highest BCUT2D eigenvalue weighted by Gasteiger charge is 2.39. The summed E-state index contributed by atoms with van der Waals surface area (Å²) in [5, 5.41) is 27.6. The minimum Gasteiger partial charge on any atom is -0.480 e. The van der Waals surface area contributed by atoms with Crippen LogP contribution in [0.3, 0.4) is 0 Å². The van der Waals surface area contributed by atoms with Crippen molar-refractivity contribution in [2.75, 3.05) is 90.1 Å². The molecule has 8 N–H and O–H groups in total. The molecule has 2 aliphatic rings. The number of rotatable bonds is 12. The molecule has 19 heteroatoms. The molecule has 2 saturated heterocycles. The molecule has 2 aliphatic heterocycles. The lowest BCUT2D eigenvalue weighted by atomic mass is 9.89. The average Bonchev–Trinajstić information content (AvgIpc) is 2.94. The van der Waals surface area contributed by atoms with Gasteiger partial charge in [0, 0.05) is 64.9 Å². The van der Waals surface area contributed by atoms with E-state index in [2.05, 4.69) is 0 Å². The van der Waals surface area contributed by atoms with Gasteiger partial charge in [-0.25, -0.2) is 0 Å². The monoisotopic (exact) mass is 621 g/mol. The summed E-state index contributed by atoms with van der Waals surface area (Å²) in [6, 6.07) is 0. The summed E-state index contributed by atoms with van der Waals surface area (Å²) in [4.78, 5) is 60.6. The van der Waals surface area contributed by atoms with Gasteiger partial charge in [0.05, 0.1) is 18.9 Å². The molecule has 3 atom stereocenters. The minimum absolute atomic E-state index is 0.0831. The highest BCUT2D eigenvalue weighted by molar-refractivity contribution is 7.58. The van der Waals surface area contributed by atoms with Crippen LogP contribution in [0.15, 0.2) is 0 Å². The van der Waals surface area contributed by atoms with Gasteiger partial charge in [0.2, 0.25) is 28.0 Å². The Morgan fingerprint density at radius 3 is 1.38 bits per heavy atom. The first kappa shape index (κ1) is 34.5. The topological polar surface area (TPSA) is 246 Å². The van der Waals surface area contributed by atoms with E-state index in [4.69, 9.17) is 5.73 Å². The van der Waals surface area contributed by atoms with E-state index in [1.54, 1.807) is 14.7 Å². The third-order valence-corrected chi connectivity index (χ3v) is 11.3. The molecule has 2 rings (SSSR count). The molecule has 0 bridgehead atoms. The Hall–Kier alpha value is -0.730. The number of aliphatic hydroxyl groups excluding tert-OH is 2. The van der Waals surface area contributed by atoms with Crippen LogP contribution in [0.25, 0.3) is 0 Å². The third-order valence-electron chi connectivity index (χ3n) is 7.01. The van der Waals surface area contributed by atoms with E-state index >= 15 is 0 Å². The zero-order chi connectivity index (χ0) is 29.5. The van der Waals surface area contributed by atoms with E-state index in [1.165, 1.54) is 4.90 Å². The molecular formula is C20H42N5O11P3. The number of amides is 1. The van der Waals surface area contributed by atoms with Crippen molar-refractivity contribution in [3.63, 3.8) is 0 Å². The molecule has 2 fully saturated rings. The van der Waals surface area contributed by atoms with E-state index in [0.717, 1.165) is 0 Å². The normalized spacial score (nSPS) is 24.9. The Morgan fingerprint density at radius 1 is 0.692 bits per heavy atom. The third kappa shape index (κ3) is 11.6. The number of carbonyl (C=O) groups excluding carboxylic acids is 1. The Labute approximate surface area is 227 Å². The molecule has 228 valence electrons. The van der Waals surface area contributed by atoms with Crippen molar-refractivity contribution in [2.24, 2.45) is 5.73 Å². The number of likely N-dealkylation sites (tertiary alicyclic amines) is 1. The smallest absolute Gasteiger partial charge is 0.323 e. The quantitative estimate of drug-likeness (QED) is 0.120. The summed E-state index contributed by atoms with van der Waals surface area (Å²) < 4.78 is 37.3. The van der Waals surface area contributed by atoms with Gasteiger partial charge in [-0.2, -0.15) is 0 Å². The molecule has 16 nitrogen and oxygen atoms in total. The van der Waals surface area contributed by atoms with Crippen LogP contribution in [0, 0.1) is 0 Å². The summed E-state index contributed by atoms with van der Waals surface area (Å²) in [6.07, 6.45) is -3.09. The lowest BCUT2D eigenvalue weighted by Crippen LogP contribution is -2.56. The Balaban J connectivity index is 2.01. The van der Waals surface area contributed by atoms with Gasteiger partial charge in [-0.3, -0.25) is 38.0 Å². The largest absolute Gasteiger partial charge is 0.480 e. The first-order chi connectivity index (χ1) is 18.0. The summed E-state index contributed by atoms with van der Waals surface area (Å²) >= 11 is 0. The van der Waals surface area contributed by atoms with Crippen LogP contribution in [0.1, 0.15) is 19.3 Å². The second-order valence-corrected chi connectivity index (χ2v) is 17.4. The molecule has 0 radical (unpaired) electrons. The van der Waals surface area contributed by atoms with Crippen molar-refractivity contribution in [3.8, 4) is 0 Å². The Morgan fingerprint density at radius 2 is 1.05 bits per heavy atom. The highest BCUT2D eigenvalue weighted by atomic mass is 31.2. The van der Waals surface area contributed by atoms with E-state index in [-0.39, 0.29) is 103 Å². The van der Waals surface area contributed by atoms with Crippen molar-refractivity contribution >= 4 is 34.0 Å². The maximum Gasteiger partial charge on any atom is 0.323 e. The van der Waals surface area contributed by atoms with Gasteiger partial charge in [0.1, 0.15) is 18.2 Å². The standard InChI is InChI=1S/C20H42N5O11P3/c21-20(19(29)30)2-4-25(5-3-20)18(28)1-12-37(31,32)13-22-6-8-23(14-38(33,34)16-26)10-11-24(9-7-22)15-39(35,36)17-27/h26-27H,1-17,21H2,(H,29,30)(H,31,32)(H,33,34)(H,35,36). The molecule has 39 heavy (non-hydrogen) atoms. The van der Waals surface area contributed by atoms with Crippen LogP contribution in [-0.2, 0) is 23.3 Å². The van der Waals surface area contributed by atoms with Crippen LogP contribution in [0.2, 0.25) is 0 Å². The Bertz CT molecular complexity index is 956. The van der Waals surface area contributed by atoms with Crippen molar-refractivity contribution in [2.45, 2.75) is 24.8 Å². The van der Waals surface area contributed by atoms with Crippen LogP contribution in [0.4, 0.5) is 0 Å². The molecule has 1 amide bonds. The first-order valence-electron chi connectivity index (χ1n) is 12.6. The van der Waals surface area contributed by atoms with E-state index in [0.29, 0.717) is 0 Å². The van der Waals surface area contributed by atoms with Gasteiger partial charge in [-0.15, -0.1) is 0 Å². The summed E-state index contributed by atoms with van der Waals surface area (Å²) in [7, 11) is -11.6. The van der Waals surface area contributed by atoms with Gasteiger partial charge >= 0.3 is 5.97 Å². The fourth-order valence-electron chi connectivity index (χ4n) is 4.50. The van der Waals surface area contributed by atoms with Gasteiger partial charge in [-0.05, 0) is 12.8 Å². The molecule has 0 aromatic rings. The van der Waals surface area contributed by atoms with Crippen LogP contribution < -0.4 is 5.73 Å². The van der Waals surface area contributed by atoms with Gasteiger partial charge in [-0.1, -0.05) is 0 Å². The predicted octanol–water partition coefficient (Wildman–Crippen LogP) is -1.72. The fraction of sp³-hybridized carbons (Fsp3) is 0.900. The van der Waals surface area contributed by atoms with Crippen LogP contribution in [-0.4, -0.2) is 157 Å². The number of aliphatic carboxylic acids is 1.